The van der Waals surface area contributed by atoms with Gasteiger partial charge in [0.25, 0.3) is 0 Å². The normalized spacial score (nSPS) is 27.6. The Morgan fingerprint density at radius 2 is 1.96 bits per heavy atom. The van der Waals surface area contributed by atoms with Crippen molar-refractivity contribution < 1.29 is 9.59 Å². The maximum atomic E-state index is 12.8. The van der Waals surface area contributed by atoms with Crippen molar-refractivity contribution in [1.29, 1.82) is 0 Å². The van der Waals surface area contributed by atoms with E-state index in [-0.39, 0.29) is 23.8 Å². The summed E-state index contributed by atoms with van der Waals surface area (Å²) in [4.78, 5) is 28.8. The molecular weight excluding hydrogens is 290 g/mol. The number of piperazine rings is 1. The summed E-state index contributed by atoms with van der Waals surface area (Å²) in [7, 11) is 1.79. The molecule has 1 heterocycles. The topological polar surface area (TPSA) is 66.6 Å². The van der Waals surface area contributed by atoms with Gasteiger partial charge >= 0.3 is 0 Å². The second kappa shape index (κ2) is 6.54. The van der Waals surface area contributed by atoms with Gasteiger partial charge < -0.3 is 15.5 Å². The van der Waals surface area contributed by atoms with Gasteiger partial charge in [-0.2, -0.15) is 0 Å². The van der Waals surface area contributed by atoms with Crippen LogP contribution in [0.1, 0.15) is 24.4 Å². The predicted octanol–water partition coefficient (Wildman–Crippen LogP) is 1.32. The first-order chi connectivity index (χ1) is 11.1. The van der Waals surface area contributed by atoms with Crippen molar-refractivity contribution in [1.82, 2.24) is 9.80 Å². The van der Waals surface area contributed by atoms with Crippen molar-refractivity contribution in [3.05, 3.63) is 48.0 Å². The minimum absolute atomic E-state index is 0.0190. The highest BCUT2D eigenvalue weighted by Crippen LogP contribution is 2.29. The van der Waals surface area contributed by atoms with E-state index < -0.39 is 6.04 Å². The Morgan fingerprint density at radius 1 is 1.22 bits per heavy atom. The molecule has 1 aromatic carbocycles. The Morgan fingerprint density at radius 3 is 2.61 bits per heavy atom. The van der Waals surface area contributed by atoms with E-state index in [4.69, 9.17) is 5.73 Å². The van der Waals surface area contributed by atoms with Gasteiger partial charge in [0, 0.05) is 32.6 Å². The molecule has 1 aliphatic carbocycles. The number of nitrogens with zero attached hydrogens (tertiary/aromatic N) is 2. The molecule has 2 N–H and O–H groups in total. The Labute approximate surface area is 136 Å². The van der Waals surface area contributed by atoms with E-state index in [1.807, 2.05) is 42.5 Å². The number of carbonyl (C=O) groups excluding carboxylic acids is 2. The molecule has 0 spiro atoms. The molecule has 3 rings (SSSR count). The Balaban J connectivity index is 1.79. The highest BCUT2D eigenvalue weighted by atomic mass is 16.2. The van der Waals surface area contributed by atoms with Crippen LogP contribution in [0.5, 0.6) is 0 Å². The van der Waals surface area contributed by atoms with E-state index in [1.54, 1.807) is 16.8 Å². The molecule has 1 aromatic rings. The van der Waals surface area contributed by atoms with Crippen molar-refractivity contribution in [3.8, 4) is 0 Å². The van der Waals surface area contributed by atoms with Crippen LogP contribution in [-0.2, 0) is 9.59 Å². The van der Waals surface area contributed by atoms with Crippen molar-refractivity contribution >= 4 is 11.8 Å². The predicted molar refractivity (Wildman–Crippen MR) is 88.4 cm³/mol. The monoisotopic (exact) mass is 313 g/mol. The maximum Gasteiger partial charge on any atom is 0.249 e. The molecule has 23 heavy (non-hydrogen) atoms. The zero-order valence-electron chi connectivity index (χ0n) is 13.4. The zero-order chi connectivity index (χ0) is 16.4. The van der Waals surface area contributed by atoms with Crippen LogP contribution >= 0.6 is 0 Å². The van der Waals surface area contributed by atoms with Crippen molar-refractivity contribution in [3.63, 3.8) is 0 Å². The quantitative estimate of drug-likeness (QED) is 0.856. The molecule has 1 fully saturated rings. The van der Waals surface area contributed by atoms with Crippen LogP contribution in [0.3, 0.4) is 0 Å². The van der Waals surface area contributed by atoms with Crippen LogP contribution in [-0.4, -0.2) is 47.8 Å². The zero-order valence-corrected chi connectivity index (χ0v) is 13.4. The van der Waals surface area contributed by atoms with E-state index >= 15 is 0 Å². The molecule has 3 atom stereocenters. The lowest BCUT2D eigenvalue weighted by Gasteiger charge is -2.39. The lowest BCUT2D eigenvalue weighted by atomic mass is 9.98. The minimum Gasteiger partial charge on any atom is -0.342 e. The Hall–Kier alpha value is -2.14. The van der Waals surface area contributed by atoms with Crippen molar-refractivity contribution in [2.75, 3.05) is 20.1 Å². The molecule has 1 aliphatic heterocycles. The third-order valence-electron chi connectivity index (χ3n) is 4.68. The van der Waals surface area contributed by atoms with E-state index in [2.05, 4.69) is 0 Å². The number of rotatable bonds is 3. The fraction of sp³-hybridized carbons (Fsp3) is 0.444. The number of benzene rings is 1. The first kappa shape index (κ1) is 15.7. The van der Waals surface area contributed by atoms with Gasteiger partial charge in [0.1, 0.15) is 6.04 Å². The van der Waals surface area contributed by atoms with Crippen molar-refractivity contribution in [2.24, 2.45) is 11.7 Å². The average molecular weight is 313 g/mol. The maximum absolute atomic E-state index is 12.8. The molecule has 0 bridgehead atoms. The third-order valence-corrected chi connectivity index (χ3v) is 4.68. The number of amides is 2. The molecule has 1 unspecified atom stereocenters. The van der Waals surface area contributed by atoms with E-state index in [0.29, 0.717) is 19.5 Å². The number of allylic oxidation sites excluding steroid dienone is 1. The van der Waals surface area contributed by atoms with Gasteiger partial charge in [0.05, 0.1) is 0 Å². The number of nitrogens with two attached hydrogens (primary N) is 1. The lowest BCUT2D eigenvalue weighted by Crippen LogP contribution is -2.52. The van der Waals surface area contributed by atoms with Crippen LogP contribution in [0.4, 0.5) is 0 Å². The number of hydrogen-bond acceptors (Lipinski definition) is 3. The standard InChI is InChI=1S/C18H23N3O2/c1-20-9-10-21(16(22)12-13-7-8-15(19)11-13)17(18(20)23)14-5-3-2-4-6-14/h2-8,13,15,17H,9-12,19H2,1H3/t13-,15+,17?/m1/s1. The van der Waals surface area contributed by atoms with E-state index in [0.717, 1.165) is 12.0 Å². The molecule has 0 radical (unpaired) electrons. The highest BCUT2D eigenvalue weighted by Gasteiger charge is 2.37. The third kappa shape index (κ3) is 3.29. The molecule has 122 valence electrons. The molecular formula is C18H23N3O2. The molecule has 1 saturated heterocycles. The summed E-state index contributed by atoms with van der Waals surface area (Å²) in [6.07, 6.45) is 5.22. The van der Waals surface area contributed by atoms with Gasteiger partial charge in [-0.3, -0.25) is 9.59 Å². The first-order valence-corrected chi connectivity index (χ1v) is 8.09. The summed E-state index contributed by atoms with van der Waals surface area (Å²) in [6, 6.07) is 9.07. The van der Waals surface area contributed by atoms with Gasteiger partial charge in [0.2, 0.25) is 11.8 Å². The minimum atomic E-state index is -0.512. The summed E-state index contributed by atoms with van der Waals surface area (Å²) in [6.45, 7) is 1.15. The van der Waals surface area contributed by atoms with Crippen LogP contribution < -0.4 is 5.73 Å². The summed E-state index contributed by atoms with van der Waals surface area (Å²) >= 11 is 0. The van der Waals surface area contributed by atoms with Crippen LogP contribution in [0.2, 0.25) is 0 Å². The second-order valence-electron chi connectivity index (χ2n) is 6.41. The summed E-state index contributed by atoms with van der Waals surface area (Å²) in [5.74, 6) is 0.196. The van der Waals surface area contributed by atoms with E-state index in [9.17, 15) is 9.59 Å². The molecule has 5 nitrogen and oxygen atoms in total. The average Bonchev–Trinajstić information content (AvgIpc) is 2.95. The molecule has 0 aromatic heterocycles. The highest BCUT2D eigenvalue weighted by molar-refractivity contribution is 5.89. The number of likely N-dealkylation sites (N-methyl/N-ethyl adjacent to an activating group) is 1. The lowest BCUT2D eigenvalue weighted by molar-refractivity contribution is -0.151. The number of hydrogen-bond donors (Lipinski definition) is 1. The Kier molecular flexibility index (Phi) is 4.48. The van der Waals surface area contributed by atoms with Crippen LogP contribution in [0.25, 0.3) is 0 Å². The van der Waals surface area contributed by atoms with Gasteiger partial charge in [-0.15, -0.1) is 0 Å². The summed E-state index contributed by atoms with van der Waals surface area (Å²) in [5.41, 5.74) is 6.74. The number of carbonyl (C=O) groups is 2. The van der Waals surface area contributed by atoms with Crippen molar-refractivity contribution in [2.45, 2.75) is 24.9 Å². The molecule has 5 heteroatoms. The smallest absolute Gasteiger partial charge is 0.249 e. The molecule has 2 amide bonds. The molecule has 2 aliphatic rings. The molecule has 0 saturated carbocycles. The fourth-order valence-electron chi connectivity index (χ4n) is 3.37. The summed E-state index contributed by atoms with van der Waals surface area (Å²) < 4.78 is 0. The largest absolute Gasteiger partial charge is 0.342 e. The fourth-order valence-corrected chi connectivity index (χ4v) is 3.37. The van der Waals surface area contributed by atoms with Gasteiger partial charge in [-0.1, -0.05) is 42.5 Å². The second-order valence-corrected chi connectivity index (χ2v) is 6.41. The Bertz CT molecular complexity index is 614. The SMILES string of the molecule is CN1CCN(C(=O)C[C@@H]2C=C[C@H](N)C2)C(c2ccccc2)C1=O. The van der Waals surface area contributed by atoms with Gasteiger partial charge in [0.15, 0.2) is 0 Å². The summed E-state index contributed by atoms with van der Waals surface area (Å²) in [5, 5.41) is 0. The van der Waals surface area contributed by atoms with Crippen LogP contribution in [0, 0.1) is 5.92 Å². The van der Waals surface area contributed by atoms with Gasteiger partial charge in [-0.05, 0) is 17.9 Å². The van der Waals surface area contributed by atoms with E-state index in [1.165, 1.54) is 0 Å². The first-order valence-electron chi connectivity index (χ1n) is 8.09. The van der Waals surface area contributed by atoms with Crippen LogP contribution in [0.15, 0.2) is 42.5 Å². The van der Waals surface area contributed by atoms with Gasteiger partial charge in [-0.25, -0.2) is 0 Å².